The van der Waals surface area contributed by atoms with Gasteiger partial charge in [-0.1, -0.05) is 13.8 Å². The molecule has 0 aromatic heterocycles. The smallest absolute Gasteiger partial charge is 0.181 e. The molecule has 0 saturated heterocycles. The number of benzene rings is 1. The number of aromatic hydroxyl groups is 1. The molecule has 0 spiro atoms. The van der Waals surface area contributed by atoms with Crippen LogP contribution in [0.25, 0.3) is 0 Å². The second-order valence-corrected chi connectivity index (χ2v) is 3.32. The molecule has 0 aliphatic heterocycles. The molecule has 13 heavy (non-hydrogen) atoms. The third-order valence-electron chi connectivity index (χ3n) is 2.01. The zero-order valence-corrected chi connectivity index (χ0v) is 8.16. The normalized spacial score (nSPS) is 10.5. The largest absolute Gasteiger partial charge is 0.503 e. The molecule has 1 rings (SSSR count). The van der Waals surface area contributed by atoms with Crippen LogP contribution >= 0.6 is 0 Å². The molecular formula is C10H15NO2. The van der Waals surface area contributed by atoms with Crippen LogP contribution in [-0.2, 0) is 0 Å². The molecule has 0 atom stereocenters. The molecule has 0 aliphatic carbocycles. The Balaban J connectivity index is 3.22. The fourth-order valence-electron chi connectivity index (χ4n) is 1.14. The maximum Gasteiger partial charge on any atom is 0.181 e. The first-order chi connectivity index (χ1) is 6.06. The lowest BCUT2D eigenvalue weighted by molar-refractivity contribution is 0.374. The second kappa shape index (κ2) is 3.56. The Hall–Kier alpha value is -1.38. The van der Waals surface area contributed by atoms with E-state index in [9.17, 15) is 5.11 Å². The van der Waals surface area contributed by atoms with Gasteiger partial charge in [0.15, 0.2) is 11.5 Å². The zero-order valence-electron chi connectivity index (χ0n) is 8.16. The Morgan fingerprint density at radius 1 is 1.38 bits per heavy atom. The number of hydrogen-bond acceptors (Lipinski definition) is 3. The van der Waals surface area contributed by atoms with E-state index in [1.54, 1.807) is 12.1 Å². The van der Waals surface area contributed by atoms with Crippen molar-refractivity contribution in [2.45, 2.75) is 19.8 Å². The quantitative estimate of drug-likeness (QED) is 0.542. The summed E-state index contributed by atoms with van der Waals surface area (Å²) in [4.78, 5) is 0. The van der Waals surface area contributed by atoms with Crippen molar-refractivity contribution in [2.75, 3.05) is 12.8 Å². The SMILES string of the molecule is COc1cc(C(C)C)cc(N)c1O. The molecule has 0 aliphatic rings. The van der Waals surface area contributed by atoms with E-state index in [1.165, 1.54) is 7.11 Å². The van der Waals surface area contributed by atoms with Crippen molar-refractivity contribution in [1.29, 1.82) is 0 Å². The molecule has 0 saturated carbocycles. The monoisotopic (exact) mass is 181 g/mol. The standard InChI is InChI=1S/C10H15NO2/c1-6(2)7-4-8(11)10(12)9(5-7)13-3/h4-6,12H,11H2,1-3H3. The maximum atomic E-state index is 9.45. The molecule has 1 aromatic rings. The molecule has 0 fully saturated rings. The average molecular weight is 181 g/mol. The van der Waals surface area contributed by atoms with Gasteiger partial charge in [0.1, 0.15) is 0 Å². The highest BCUT2D eigenvalue weighted by Gasteiger charge is 2.09. The van der Waals surface area contributed by atoms with Gasteiger partial charge in [0.25, 0.3) is 0 Å². The summed E-state index contributed by atoms with van der Waals surface area (Å²) in [7, 11) is 1.51. The van der Waals surface area contributed by atoms with Crippen LogP contribution in [0.2, 0.25) is 0 Å². The van der Waals surface area contributed by atoms with Crippen LogP contribution in [0.4, 0.5) is 5.69 Å². The van der Waals surface area contributed by atoms with Gasteiger partial charge in [0.05, 0.1) is 12.8 Å². The molecule has 0 radical (unpaired) electrons. The molecule has 0 heterocycles. The first kappa shape index (κ1) is 9.71. The van der Waals surface area contributed by atoms with Gasteiger partial charge < -0.3 is 15.6 Å². The minimum absolute atomic E-state index is 0.0203. The molecule has 0 amide bonds. The Labute approximate surface area is 78.1 Å². The summed E-state index contributed by atoms with van der Waals surface area (Å²) >= 11 is 0. The summed E-state index contributed by atoms with van der Waals surface area (Å²) in [6, 6.07) is 3.57. The fourth-order valence-corrected chi connectivity index (χ4v) is 1.14. The van der Waals surface area contributed by atoms with Gasteiger partial charge in [-0.3, -0.25) is 0 Å². The van der Waals surface area contributed by atoms with Gasteiger partial charge in [0.2, 0.25) is 0 Å². The van der Waals surface area contributed by atoms with E-state index in [-0.39, 0.29) is 5.75 Å². The average Bonchev–Trinajstić information content (AvgIpc) is 2.09. The van der Waals surface area contributed by atoms with Crippen LogP contribution in [0.5, 0.6) is 11.5 Å². The fraction of sp³-hybridized carbons (Fsp3) is 0.400. The van der Waals surface area contributed by atoms with Gasteiger partial charge in [-0.2, -0.15) is 0 Å². The second-order valence-electron chi connectivity index (χ2n) is 3.32. The van der Waals surface area contributed by atoms with Gasteiger partial charge in [-0.15, -0.1) is 0 Å². The molecule has 3 nitrogen and oxygen atoms in total. The lowest BCUT2D eigenvalue weighted by Gasteiger charge is -2.11. The summed E-state index contributed by atoms with van der Waals surface area (Å²) < 4.78 is 4.99. The number of phenolic OH excluding ortho intramolecular Hbond substituents is 1. The van der Waals surface area contributed by atoms with E-state index in [0.717, 1.165) is 5.56 Å². The first-order valence-electron chi connectivity index (χ1n) is 4.22. The molecule has 3 heteroatoms. The highest BCUT2D eigenvalue weighted by Crippen LogP contribution is 2.35. The van der Waals surface area contributed by atoms with E-state index in [1.807, 2.05) is 0 Å². The van der Waals surface area contributed by atoms with Crippen LogP contribution in [-0.4, -0.2) is 12.2 Å². The Kier molecular flexibility index (Phi) is 2.66. The number of ether oxygens (including phenoxy) is 1. The van der Waals surface area contributed by atoms with Crippen molar-refractivity contribution in [2.24, 2.45) is 0 Å². The van der Waals surface area contributed by atoms with E-state index < -0.39 is 0 Å². The highest BCUT2D eigenvalue weighted by atomic mass is 16.5. The third kappa shape index (κ3) is 1.86. The Bertz CT molecular complexity index is 308. The van der Waals surface area contributed by atoms with Crippen molar-refractivity contribution < 1.29 is 9.84 Å². The predicted octanol–water partition coefficient (Wildman–Crippen LogP) is 2.11. The summed E-state index contributed by atoms with van der Waals surface area (Å²) in [6.45, 7) is 4.12. The van der Waals surface area contributed by atoms with Crippen molar-refractivity contribution in [3.8, 4) is 11.5 Å². The van der Waals surface area contributed by atoms with Crippen LogP contribution in [0.1, 0.15) is 25.3 Å². The van der Waals surface area contributed by atoms with Crippen molar-refractivity contribution in [3.63, 3.8) is 0 Å². The van der Waals surface area contributed by atoms with Crippen molar-refractivity contribution in [1.82, 2.24) is 0 Å². The number of methoxy groups -OCH3 is 1. The summed E-state index contributed by atoms with van der Waals surface area (Å²) in [5.74, 6) is 0.826. The summed E-state index contributed by atoms with van der Waals surface area (Å²) in [6.07, 6.45) is 0. The van der Waals surface area contributed by atoms with Gasteiger partial charge in [-0.05, 0) is 23.6 Å². The Morgan fingerprint density at radius 2 is 2.00 bits per heavy atom. The predicted molar refractivity (Wildman–Crippen MR) is 53.2 cm³/mol. The van der Waals surface area contributed by atoms with Crippen LogP contribution in [0.3, 0.4) is 0 Å². The van der Waals surface area contributed by atoms with E-state index in [0.29, 0.717) is 17.4 Å². The Morgan fingerprint density at radius 3 is 2.46 bits per heavy atom. The highest BCUT2D eigenvalue weighted by molar-refractivity contribution is 5.61. The van der Waals surface area contributed by atoms with E-state index >= 15 is 0 Å². The zero-order chi connectivity index (χ0) is 10.0. The first-order valence-corrected chi connectivity index (χ1v) is 4.22. The van der Waals surface area contributed by atoms with Gasteiger partial charge in [-0.25, -0.2) is 0 Å². The lowest BCUT2D eigenvalue weighted by atomic mass is 10.0. The maximum absolute atomic E-state index is 9.45. The summed E-state index contributed by atoms with van der Waals surface area (Å²) in [5.41, 5.74) is 7.03. The molecule has 72 valence electrons. The minimum Gasteiger partial charge on any atom is -0.503 e. The van der Waals surface area contributed by atoms with Crippen molar-refractivity contribution in [3.05, 3.63) is 17.7 Å². The minimum atomic E-state index is 0.0203. The van der Waals surface area contributed by atoms with E-state index in [4.69, 9.17) is 10.5 Å². The topological polar surface area (TPSA) is 55.5 Å². The molecule has 1 aromatic carbocycles. The number of nitrogens with two attached hydrogens (primary N) is 1. The number of nitrogen functional groups attached to an aromatic ring is 1. The molecule has 0 unspecified atom stereocenters. The third-order valence-corrected chi connectivity index (χ3v) is 2.01. The number of hydrogen-bond donors (Lipinski definition) is 2. The van der Waals surface area contributed by atoms with Crippen LogP contribution < -0.4 is 10.5 Å². The lowest BCUT2D eigenvalue weighted by Crippen LogP contribution is -1.95. The van der Waals surface area contributed by atoms with E-state index in [2.05, 4.69) is 13.8 Å². The summed E-state index contributed by atoms with van der Waals surface area (Å²) in [5, 5.41) is 9.45. The van der Waals surface area contributed by atoms with Crippen LogP contribution in [0.15, 0.2) is 12.1 Å². The molecule has 3 N–H and O–H groups in total. The van der Waals surface area contributed by atoms with Gasteiger partial charge in [0, 0.05) is 0 Å². The number of anilines is 1. The molecular weight excluding hydrogens is 166 g/mol. The van der Waals surface area contributed by atoms with Crippen LogP contribution in [0, 0.1) is 0 Å². The number of rotatable bonds is 2. The van der Waals surface area contributed by atoms with Crippen molar-refractivity contribution >= 4 is 5.69 Å². The molecule has 0 bridgehead atoms. The number of phenols is 1. The van der Waals surface area contributed by atoms with Gasteiger partial charge >= 0.3 is 0 Å².